The van der Waals surface area contributed by atoms with Crippen LogP contribution in [0.3, 0.4) is 0 Å². The minimum absolute atomic E-state index is 0.112. The molecule has 0 bridgehead atoms. The van der Waals surface area contributed by atoms with Gasteiger partial charge in [-0.3, -0.25) is 14.0 Å². The zero-order valence-corrected chi connectivity index (χ0v) is 14.6. The number of carbonyl (C=O) groups excluding carboxylic acids is 1. The van der Waals surface area contributed by atoms with Gasteiger partial charge in [0.25, 0.3) is 5.91 Å². The lowest BCUT2D eigenvalue weighted by molar-refractivity contribution is 0.0951. The van der Waals surface area contributed by atoms with Crippen LogP contribution in [0.1, 0.15) is 21.5 Å². The molecular formula is C20H18N6O. The van der Waals surface area contributed by atoms with Crippen molar-refractivity contribution in [1.29, 1.82) is 0 Å². The molecule has 0 saturated carbocycles. The second-order valence-electron chi connectivity index (χ2n) is 6.08. The molecule has 0 atom stereocenters. The van der Waals surface area contributed by atoms with Gasteiger partial charge in [-0.15, -0.1) is 0 Å². The van der Waals surface area contributed by atoms with Crippen LogP contribution in [0.15, 0.2) is 79.8 Å². The minimum Gasteiger partial charge on any atom is -0.348 e. The number of carbonyl (C=O) groups is 1. The number of nitrogens with one attached hydrogen (secondary N) is 1. The maximum atomic E-state index is 12.3. The summed E-state index contributed by atoms with van der Waals surface area (Å²) in [6, 6.07) is 13.3. The van der Waals surface area contributed by atoms with E-state index in [1.54, 1.807) is 24.9 Å². The van der Waals surface area contributed by atoms with Crippen LogP contribution in [-0.2, 0) is 13.1 Å². The van der Waals surface area contributed by atoms with Crippen molar-refractivity contribution >= 4 is 5.91 Å². The molecule has 3 aromatic heterocycles. The zero-order valence-electron chi connectivity index (χ0n) is 14.6. The van der Waals surface area contributed by atoms with Gasteiger partial charge in [-0.1, -0.05) is 18.2 Å². The molecular weight excluding hydrogens is 340 g/mol. The molecule has 27 heavy (non-hydrogen) atoms. The third-order valence-electron chi connectivity index (χ3n) is 4.15. The standard InChI is InChI=1S/C20H18N6O/c27-20(18-5-2-16(3-6-18)14-26-10-1-8-24-26)23-13-17-4-7-19(22-12-17)25-11-9-21-15-25/h1-12,15H,13-14H2,(H,23,27). The van der Waals surface area contributed by atoms with Crippen LogP contribution < -0.4 is 5.32 Å². The van der Waals surface area contributed by atoms with Gasteiger partial charge in [-0.2, -0.15) is 5.10 Å². The van der Waals surface area contributed by atoms with Gasteiger partial charge >= 0.3 is 0 Å². The SMILES string of the molecule is O=C(NCc1ccc(-n2ccnc2)nc1)c1ccc(Cn2cccn2)cc1. The molecule has 4 rings (SSSR count). The van der Waals surface area contributed by atoms with E-state index in [9.17, 15) is 4.79 Å². The average Bonchev–Trinajstić information content (AvgIpc) is 3.41. The first-order valence-electron chi connectivity index (χ1n) is 8.56. The molecule has 134 valence electrons. The number of rotatable bonds is 6. The predicted octanol–water partition coefficient (Wildman–Crippen LogP) is 2.44. The van der Waals surface area contributed by atoms with Crippen molar-refractivity contribution in [2.45, 2.75) is 13.1 Å². The average molecular weight is 358 g/mol. The van der Waals surface area contributed by atoms with Crippen LogP contribution in [0.25, 0.3) is 5.82 Å². The molecule has 0 aliphatic rings. The van der Waals surface area contributed by atoms with Crippen molar-refractivity contribution in [2.75, 3.05) is 0 Å². The Morgan fingerprint density at radius 1 is 1.00 bits per heavy atom. The Morgan fingerprint density at radius 3 is 2.52 bits per heavy atom. The van der Waals surface area contributed by atoms with E-state index in [1.807, 2.05) is 64.1 Å². The molecule has 0 aliphatic carbocycles. The molecule has 7 heteroatoms. The van der Waals surface area contributed by atoms with Crippen LogP contribution >= 0.6 is 0 Å². The van der Waals surface area contributed by atoms with Crippen LogP contribution in [0.4, 0.5) is 0 Å². The van der Waals surface area contributed by atoms with E-state index in [1.165, 1.54) is 0 Å². The summed E-state index contributed by atoms with van der Waals surface area (Å²) in [5.74, 6) is 0.676. The van der Waals surface area contributed by atoms with Gasteiger partial charge in [0.1, 0.15) is 12.1 Å². The molecule has 1 aromatic carbocycles. The van der Waals surface area contributed by atoms with E-state index in [0.717, 1.165) is 16.9 Å². The summed E-state index contributed by atoms with van der Waals surface area (Å²) in [6.07, 6.45) is 10.6. The van der Waals surface area contributed by atoms with Crippen LogP contribution in [0.2, 0.25) is 0 Å². The molecule has 0 saturated heterocycles. The second-order valence-corrected chi connectivity index (χ2v) is 6.08. The first-order chi connectivity index (χ1) is 13.3. The smallest absolute Gasteiger partial charge is 0.251 e. The molecule has 1 amide bonds. The first kappa shape index (κ1) is 16.7. The molecule has 0 aliphatic heterocycles. The van der Waals surface area contributed by atoms with Crippen molar-refractivity contribution < 1.29 is 4.79 Å². The number of amides is 1. The zero-order chi connectivity index (χ0) is 18.5. The van der Waals surface area contributed by atoms with Crippen molar-refractivity contribution in [3.05, 3.63) is 96.5 Å². The summed E-state index contributed by atoms with van der Waals surface area (Å²) in [4.78, 5) is 20.7. The van der Waals surface area contributed by atoms with E-state index < -0.39 is 0 Å². The van der Waals surface area contributed by atoms with Crippen molar-refractivity contribution in [2.24, 2.45) is 0 Å². The number of nitrogens with zero attached hydrogens (tertiary/aromatic N) is 5. The molecule has 0 spiro atoms. The highest BCUT2D eigenvalue weighted by Crippen LogP contribution is 2.08. The van der Waals surface area contributed by atoms with Gasteiger partial charge in [0.05, 0.1) is 6.54 Å². The first-order valence-corrected chi connectivity index (χ1v) is 8.56. The molecule has 0 unspecified atom stereocenters. The number of imidazole rings is 1. The monoisotopic (exact) mass is 358 g/mol. The Bertz CT molecular complexity index is 990. The number of pyridine rings is 1. The Hall–Kier alpha value is -3.74. The van der Waals surface area contributed by atoms with Crippen molar-refractivity contribution in [3.8, 4) is 5.82 Å². The van der Waals surface area contributed by atoms with E-state index in [2.05, 4.69) is 20.4 Å². The largest absolute Gasteiger partial charge is 0.348 e. The summed E-state index contributed by atoms with van der Waals surface area (Å²) >= 11 is 0. The quantitative estimate of drug-likeness (QED) is 0.574. The van der Waals surface area contributed by atoms with E-state index in [0.29, 0.717) is 18.7 Å². The number of hydrogen-bond acceptors (Lipinski definition) is 4. The van der Waals surface area contributed by atoms with Gasteiger partial charge in [0.2, 0.25) is 0 Å². The highest BCUT2D eigenvalue weighted by molar-refractivity contribution is 5.94. The molecule has 1 N–H and O–H groups in total. The minimum atomic E-state index is -0.112. The van der Waals surface area contributed by atoms with E-state index in [-0.39, 0.29) is 5.91 Å². The molecule has 3 heterocycles. The fourth-order valence-electron chi connectivity index (χ4n) is 2.70. The Labute approximate surface area is 156 Å². The lowest BCUT2D eigenvalue weighted by Crippen LogP contribution is -2.22. The third-order valence-corrected chi connectivity index (χ3v) is 4.15. The lowest BCUT2D eigenvalue weighted by atomic mass is 10.1. The molecule has 4 aromatic rings. The Kier molecular flexibility index (Phi) is 4.74. The van der Waals surface area contributed by atoms with Crippen LogP contribution in [-0.4, -0.2) is 30.2 Å². The summed E-state index contributed by atoms with van der Waals surface area (Å²) in [5.41, 5.74) is 2.65. The Morgan fingerprint density at radius 2 is 1.85 bits per heavy atom. The van der Waals surface area contributed by atoms with Gasteiger partial charge < -0.3 is 5.32 Å². The van der Waals surface area contributed by atoms with Crippen molar-refractivity contribution in [3.63, 3.8) is 0 Å². The van der Waals surface area contributed by atoms with Crippen LogP contribution in [0.5, 0.6) is 0 Å². The molecule has 0 fully saturated rings. The Balaban J connectivity index is 1.33. The van der Waals surface area contributed by atoms with Gasteiger partial charge in [-0.25, -0.2) is 9.97 Å². The normalized spacial score (nSPS) is 10.7. The maximum absolute atomic E-state index is 12.3. The maximum Gasteiger partial charge on any atom is 0.251 e. The van der Waals surface area contributed by atoms with E-state index >= 15 is 0 Å². The van der Waals surface area contributed by atoms with Crippen LogP contribution in [0, 0.1) is 0 Å². The highest BCUT2D eigenvalue weighted by Gasteiger charge is 2.06. The summed E-state index contributed by atoms with van der Waals surface area (Å²) in [6.45, 7) is 1.11. The van der Waals surface area contributed by atoms with E-state index in [4.69, 9.17) is 0 Å². The third kappa shape index (κ3) is 4.09. The van der Waals surface area contributed by atoms with Gasteiger partial charge in [0, 0.05) is 43.1 Å². The molecule has 7 nitrogen and oxygen atoms in total. The highest BCUT2D eigenvalue weighted by atomic mass is 16.1. The number of benzene rings is 1. The predicted molar refractivity (Wildman–Crippen MR) is 100 cm³/mol. The molecule has 0 radical (unpaired) electrons. The fourth-order valence-corrected chi connectivity index (χ4v) is 2.70. The fraction of sp³-hybridized carbons (Fsp3) is 0.100. The number of aromatic nitrogens is 5. The topological polar surface area (TPSA) is 77.6 Å². The van der Waals surface area contributed by atoms with Gasteiger partial charge in [-0.05, 0) is 35.4 Å². The second kappa shape index (κ2) is 7.65. The lowest BCUT2D eigenvalue weighted by Gasteiger charge is -2.07. The summed E-state index contributed by atoms with van der Waals surface area (Å²) in [7, 11) is 0. The van der Waals surface area contributed by atoms with Crippen molar-refractivity contribution in [1.82, 2.24) is 29.6 Å². The summed E-state index contributed by atoms with van der Waals surface area (Å²) < 4.78 is 3.67. The van der Waals surface area contributed by atoms with Gasteiger partial charge in [0.15, 0.2) is 0 Å². The number of hydrogen-bond donors (Lipinski definition) is 1. The summed E-state index contributed by atoms with van der Waals surface area (Å²) in [5, 5.41) is 7.10.